The molecule has 0 N–H and O–H groups in total. The second-order valence-corrected chi connectivity index (χ2v) is 6.03. The fourth-order valence-electron chi connectivity index (χ4n) is 3.67. The van der Waals surface area contributed by atoms with Crippen LogP contribution < -0.4 is 4.90 Å². The molecule has 23 heavy (non-hydrogen) atoms. The third-order valence-corrected chi connectivity index (χ3v) is 4.76. The van der Waals surface area contributed by atoms with Crippen LogP contribution in [0.4, 0.5) is 5.69 Å². The molecule has 4 rings (SSSR count). The van der Waals surface area contributed by atoms with E-state index in [1.165, 1.54) is 0 Å². The first-order valence-corrected chi connectivity index (χ1v) is 7.84. The lowest BCUT2D eigenvalue weighted by Gasteiger charge is -2.34. The molecular formula is C20H16N2O. The van der Waals surface area contributed by atoms with Crippen molar-refractivity contribution < 1.29 is 4.79 Å². The van der Waals surface area contributed by atoms with Gasteiger partial charge in [0.05, 0.1) is 24.1 Å². The molecule has 0 aliphatic carbocycles. The summed E-state index contributed by atoms with van der Waals surface area (Å²) in [6.07, 6.45) is 4.71. The average Bonchev–Trinajstić information content (AvgIpc) is 3.01. The highest BCUT2D eigenvalue weighted by molar-refractivity contribution is 6.03. The maximum atomic E-state index is 13.0. The standard InChI is InChI=1S/C20H16N2O/c21-13-16-12-19(20(23)15-7-2-1-3-8-15)22-17-9-5-4-6-14(17)10-11-18(16)22/h1-11,16,18-19H,12H2/t16-,18+,19-/m0/s1. The minimum absolute atomic E-state index is 0.0208. The molecule has 0 radical (unpaired) electrons. The molecular weight excluding hydrogens is 284 g/mol. The number of para-hydroxylation sites is 1. The van der Waals surface area contributed by atoms with E-state index >= 15 is 0 Å². The quantitative estimate of drug-likeness (QED) is 0.795. The maximum Gasteiger partial charge on any atom is 0.185 e. The molecule has 0 aromatic heterocycles. The molecule has 3 heteroatoms. The molecule has 3 nitrogen and oxygen atoms in total. The summed E-state index contributed by atoms with van der Waals surface area (Å²) in [7, 11) is 0. The van der Waals surface area contributed by atoms with Gasteiger partial charge >= 0.3 is 0 Å². The van der Waals surface area contributed by atoms with Crippen LogP contribution in [0.3, 0.4) is 0 Å². The van der Waals surface area contributed by atoms with Gasteiger partial charge in [-0.2, -0.15) is 5.26 Å². The minimum Gasteiger partial charge on any atom is -0.353 e. The highest BCUT2D eigenvalue weighted by Crippen LogP contribution is 2.41. The summed E-state index contributed by atoms with van der Waals surface area (Å²) >= 11 is 0. The molecule has 1 saturated heterocycles. The number of anilines is 1. The van der Waals surface area contributed by atoms with Crippen LogP contribution in [0.5, 0.6) is 0 Å². The first-order valence-electron chi connectivity index (χ1n) is 7.84. The van der Waals surface area contributed by atoms with Gasteiger partial charge in [-0.25, -0.2) is 0 Å². The SMILES string of the molecule is N#C[C@@H]1C[C@@H](C(=O)c2ccccc2)N2c3ccccc3C=C[C@H]12. The van der Waals surface area contributed by atoms with Gasteiger partial charge in [-0.3, -0.25) is 4.79 Å². The first-order chi connectivity index (χ1) is 11.3. The summed E-state index contributed by atoms with van der Waals surface area (Å²) in [5, 5.41) is 9.50. The van der Waals surface area contributed by atoms with Crippen molar-refractivity contribution in [2.24, 2.45) is 5.92 Å². The highest BCUT2D eigenvalue weighted by Gasteiger charge is 2.45. The fraction of sp³-hybridized carbons (Fsp3) is 0.200. The Hall–Kier alpha value is -2.86. The molecule has 2 aliphatic heterocycles. The van der Waals surface area contributed by atoms with Crippen LogP contribution in [0.15, 0.2) is 60.7 Å². The highest BCUT2D eigenvalue weighted by atomic mass is 16.1. The van der Waals surface area contributed by atoms with E-state index in [1.807, 2.05) is 54.6 Å². The van der Waals surface area contributed by atoms with Crippen molar-refractivity contribution in [1.29, 1.82) is 5.26 Å². The predicted molar refractivity (Wildman–Crippen MR) is 90.0 cm³/mol. The molecule has 0 amide bonds. The number of benzene rings is 2. The van der Waals surface area contributed by atoms with E-state index in [2.05, 4.69) is 23.1 Å². The van der Waals surface area contributed by atoms with E-state index in [0.717, 1.165) is 11.3 Å². The zero-order valence-electron chi connectivity index (χ0n) is 12.6. The van der Waals surface area contributed by atoms with E-state index in [1.54, 1.807) is 0 Å². The van der Waals surface area contributed by atoms with Gasteiger partial charge in [-0.1, -0.05) is 60.7 Å². The molecule has 1 fully saturated rings. The summed E-state index contributed by atoms with van der Waals surface area (Å²) in [6.45, 7) is 0. The molecule has 2 aromatic carbocycles. The average molecular weight is 300 g/mol. The number of rotatable bonds is 2. The number of ketones is 1. The lowest BCUT2D eigenvalue weighted by molar-refractivity contribution is 0.0961. The van der Waals surface area contributed by atoms with Crippen LogP contribution in [0.2, 0.25) is 0 Å². The Kier molecular flexibility index (Phi) is 3.24. The summed E-state index contributed by atoms with van der Waals surface area (Å²) < 4.78 is 0. The van der Waals surface area contributed by atoms with E-state index in [0.29, 0.717) is 12.0 Å². The lowest BCUT2D eigenvalue weighted by Crippen LogP contribution is -2.42. The number of carbonyl (C=O) groups is 1. The Balaban J connectivity index is 1.78. The largest absolute Gasteiger partial charge is 0.353 e. The molecule has 0 saturated carbocycles. The van der Waals surface area contributed by atoms with E-state index < -0.39 is 0 Å². The van der Waals surface area contributed by atoms with Crippen molar-refractivity contribution in [1.82, 2.24) is 0 Å². The van der Waals surface area contributed by atoms with E-state index in [9.17, 15) is 10.1 Å². The smallest absolute Gasteiger partial charge is 0.185 e. The number of fused-ring (bicyclic) bond motifs is 3. The molecule has 2 aliphatic rings. The van der Waals surface area contributed by atoms with Crippen molar-refractivity contribution in [3.63, 3.8) is 0 Å². The Labute approximate surface area is 135 Å². The van der Waals surface area contributed by atoms with Crippen LogP contribution >= 0.6 is 0 Å². The Morgan fingerprint density at radius 3 is 2.61 bits per heavy atom. The first kappa shape index (κ1) is 13.8. The zero-order valence-corrected chi connectivity index (χ0v) is 12.6. The molecule has 2 aromatic rings. The molecule has 2 heterocycles. The van der Waals surface area contributed by atoms with Crippen LogP contribution in [0.25, 0.3) is 6.08 Å². The second-order valence-electron chi connectivity index (χ2n) is 6.03. The van der Waals surface area contributed by atoms with Gasteiger partial charge in [0.25, 0.3) is 0 Å². The third-order valence-electron chi connectivity index (χ3n) is 4.76. The summed E-state index contributed by atoms with van der Waals surface area (Å²) in [5.74, 6) is -0.0595. The topological polar surface area (TPSA) is 44.1 Å². The second kappa shape index (κ2) is 5.40. The van der Waals surface area contributed by atoms with Gasteiger partial charge in [0, 0.05) is 11.3 Å². The van der Waals surface area contributed by atoms with Gasteiger partial charge in [0.2, 0.25) is 0 Å². The van der Waals surface area contributed by atoms with Crippen molar-refractivity contribution in [3.8, 4) is 6.07 Å². The van der Waals surface area contributed by atoms with Gasteiger partial charge in [-0.05, 0) is 18.1 Å². The van der Waals surface area contributed by atoms with Gasteiger partial charge in [0.15, 0.2) is 5.78 Å². The third kappa shape index (κ3) is 2.15. The predicted octanol–water partition coefficient (Wildman–Crippen LogP) is 3.68. The van der Waals surface area contributed by atoms with E-state index in [-0.39, 0.29) is 23.8 Å². The van der Waals surface area contributed by atoms with Crippen molar-refractivity contribution in [2.45, 2.75) is 18.5 Å². The van der Waals surface area contributed by atoms with E-state index in [4.69, 9.17) is 0 Å². The van der Waals surface area contributed by atoms with Gasteiger partial charge in [-0.15, -0.1) is 0 Å². The van der Waals surface area contributed by atoms with Crippen molar-refractivity contribution in [2.75, 3.05) is 4.90 Å². The van der Waals surface area contributed by atoms with Gasteiger partial charge in [0.1, 0.15) is 0 Å². The number of Topliss-reactive ketones (excluding diaryl/α,β-unsaturated/α-hetero) is 1. The number of hydrogen-bond donors (Lipinski definition) is 0. The fourth-order valence-corrected chi connectivity index (χ4v) is 3.67. The Morgan fingerprint density at radius 2 is 1.83 bits per heavy atom. The van der Waals surface area contributed by atoms with Crippen LogP contribution in [0, 0.1) is 17.2 Å². The monoisotopic (exact) mass is 300 g/mol. The number of carbonyl (C=O) groups excluding carboxylic acids is 1. The number of nitrogens with zero attached hydrogens (tertiary/aromatic N) is 2. The normalized spacial score (nSPS) is 24.7. The van der Waals surface area contributed by atoms with Crippen molar-refractivity contribution in [3.05, 3.63) is 71.8 Å². The summed E-state index contributed by atoms with van der Waals surface area (Å²) in [5.41, 5.74) is 2.86. The van der Waals surface area contributed by atoms with Crippen LogP contribution in [-0.4, -0.2) is 17.9 Å². The molecule has 3 atom stereocenters. The van der Waals surface area contributed by atoms with Crippen molar-refractivity contribution >= 4 is 17.5 Å². The van der Waals surface area contributed by atoms with Crippen LogP contribution in [0.1, 0.15) is 22.3 Å². The maximum absolute atomic E-state index is 13.0. The Morgan fingerprint density at radius 1 is 1.09 bits per heavy atom. The number of hydrogen-bond acceptors (Lipinski definition) is 3. The molecule has 112 valence electrons. The Bertz CT molecular complexity index is 819. The summed E-state index contributed by atoms with van der Waals surface area (Å²) in [4.78, 5) is 15.1. The number of nitriles is 1. The molecule has 0 spiro atoms. The molecule has 0 unspecified atom stereocenters. The zero-order chi connectivity index (χ0) is 15.8. The molecule has 0 bridgehead atoms. The van der Waals surface area contributed by atoms with Gasteiger partial charge < -0.3 is 4.90 Å². The summed E-state index contributed by atoms with van der Waals surface area (Å²) in [6, 6.07) is 19.5. The minimum atomic E-state index is -0.279. The van der Waals surface area contributed by atoms with Crippen LogP contribution in [-0.2, 0) is 0 Å². The lowest BCUT2D eigenvalue weighted by atomic mass is 9.96.